The first kappa shape index (κ1) is 24.5. The minimum Gasteiger partial charge on any atom is -0.486 e. The number of piperidine rings is 1. The van der Waals surface area contributed by atoms with Gasteiger partial charge in [0.1, 0.15) is 13.2 Å². The van der Waals surface area contributed by atoms with Crippen molar-refractivity contribution in [1.82, 2.24) is 14.9 Å². The number of rotatable bonds is 4. The molecule has 0 saturated carbocycles. The zero-order valence-electron chi connectivity index (χ0n) is 21.4. The normalized spacial score (nSPS) is 18.9. The highest BCUT2D eigenvalue weighted by atomic mass is 35.5. The van der Waals surface area contributed by atoms with Crippen molar-refractivity contribution in [3.8, 4) is 22.6 Å². The molecule has 0 radical (unpaired) electrons. The fourth-order valence-electron chi connectivity index (χ4n) is 5.36. The number of halogens is 1. The number of likely N-dealkylation sites (tertiary alicyclic amines) is 1. The Labute approximate surface area is 226 Å². The second kappa shape index (κ2) is 10.1. The predicted molar refractivity (Wildman–Crippen MR) is 149 cm³/mol. The third kappa shape index (κ3) is 4.74. The Morgan fingerprint density at radius 1 is 1.05 bits per heavy atom. The van der Waals surface area contributed by atoms with Crippen LogP contribution in [0.2, 0.25) is 5.02 Å². The first-order chi connectivity index (χ1) is 18.5. The van der Waals surface area contributed by atoms with Crippen molar-refractivity contribution in [2.75, 3.05) is 25.1 Å². The molecule has 6 rings (SSSR count). The Kier molecular flexibility index (Phi) is 6.54. The van der Waals surface area contributed by atoms with E-state index >= 15 is 0 Å². The summed E-state index contributed by atoms with van der Waals surface area (Å²) in [6.07, 6.45) is 1.64. The van der Waals surface area contributed by atoms with Crippen molar-refractivity contribution in [3.63, 3.8) is 0 Å². The van der Waals surface area contributed by atoms with E-state index in [0.717, 1.165) is 52.1 Å². The molecular weight excluding hydrogens is 500 g/mol. The molecule has 3 aromatic carbocycles. The van der Waals surface area contributed by atoms with E-state index in [0.29, 0.717) is 36.3 Å². The van der Waals surface area contributed by atoms with Crippen LogP contribution < -0.4 is 14.8 Å². The number of para-hydroxylation sites is 1. The predicted octanol–water partition coefficient (Wildman–Crippen LogP) is 6.14. The summed E-state index contributed by atoms with van der Waals surface area (Å²) in [4.78, 5) is 24.5. The summed E-state index contributed by atoms with van der Waals surface area (Å²) in [5.74, 6) is 2.21. The second-order valence-electron chi connectivity index (χ2n) is 9.91. The lowest BCUT2D eigenvalue weighted by molar-refractivity contribution is 0.0625. The van der Waals surface area contributed by atoms with Gasteiger partial charge in [-0.2, -0.15) is 0 Å². The van der Waals surface area contributed by atoms with Gasteiger partial charge in [-0.15, -0.1) is 0 Å². The Bertz CT molecular complexity index is 1510. The first-order valence-electron chi connectivity index (χ1n) is 13.0. The number of nitrogens with one attached hydrogen (secondary N) is 1. The van der Waals surface area contributed by atoms with E-state index in [4.69, 9.17) is 31.0 Å². The molecule has 2 aliphatic heterocycles. The van der Waals surface area contributed by atoms with Crippen LogP contribution in [0.25, 0.3) is 22.0 Å². The van der Waals surface area contributed by atoms with Crippen molar-refractivity contribution in [1.29, 1.82) is 0 Å². The summed E-state index contributed by atoms with van der Waals surface area (Å²) < 4.78 is 11.7. The maximum absolute atomic E-state index is 13.0. The molecule has 4 aromatic rings. The van der Waals surface area contributed by atoms with Gasteiger partial charge in [-0.1, -0.05) is 29.8 Å². The van der Waals surface area contributed by atoms with Crippen molar-refractivity contribution in [2.45, 2.75) is 38.8 Å². The van der Waals surface area contributed by atoms with E-state index in [2.05, 4.69) is 24.4 Å². The lowest BCUT2D eigenvalue weighted by Gasteiger charge is -2.38. The number of hydrogen-bond donors (Lipinski definition) is 1. The topological polar surface area (TPSA) is 76.6 Å². The number of carbonyl (C=O) groups is 1. The Balaban J connectivity index is 1.18. The van der Waals surface area contributed by atoms with Crippen LogP contribution in [0.1, 0.15) is 35.8 Å². The summed E-state index contributed by atoms with van der Waals surface area (Å²) in [7, 11) is 0. The molecule has 0 bridgehead atoms. The standard InChI is InChI=1S/C30H29ClN4O3/c1-18-16-23(12-13-35(18)29(36)20-6-9-22(31)10-7-20)33-30-32-19(2)25-17-21(8-11-26(25)34-30)24-4-3-5-27-28(24)38-15-14-37-27/h3-11,17-18,23H,12-16H2,1-2H3,(H,32,33,34)/t18-,23?/m0/s1. The van der Waals surface area contributed by atoms with Crippen LogP contribution in [-0.2, 0) is 0 Å². The van der Waals surface area contributed by atoms with Crippen molar-refractivity contribution in [2.24, 2.45) is 0 Å². The largest absolute Gasteiger partial charge is 0.486 e. The number of aromatic nitrogens is 2. The molecule has 2 atom stereocenters. The van der Waals surface area contributed by atoms with Gasteiger partial charge in [-0.3, -0.25) is 4.79 Å². The highest BCUT2D eigenvalue weighted by Gasteiger charge is 2.30. The first-order valence-corrected chi connectivity index (χ1v) is 13.3. The summed E-state index contributed by atoms with van der Waals surface area (Å²) in [6.45, 7) is 5.88. The number of nitrogens with zero attached hydrogens (tertiary/aromatic N) is 3. The van der Waals surface area contributed by atoms with Gasteiger partial charge in [0.25, 0.3) is 5.91 Å². The number of ether oxygens (including phenoxy) is 2. The molecule has 0 aliphatic carbocycles. The monoisotopic (exact) mass is 528 g/mol. The van der Waals surface area contributed by atoms with Crippen molar-refractivity contribution in [3.05, 3.63) is 76.9 Å². The second-order valence-corrected chi connectivity index (χ2v) is 10.4. The van der Waals surface area contributed by atoms with E-state index in [-0.39, 0.29) is 18.0 Å². The highest BCUT2D eigenvalue weighted by molar-refractivity contribution is 6.30. The van der Waals surface area contributed by atoms with Gasteiger partial charge in [-0.25, -0.2) is 9.97 Å². The van der Waals surface area contributed by atoms with Gasteiger partial charge >= 0.3 is 0 Å². The number of amides is 1. The molecule has 194 valence electrons. The van der Waals surface area contributed by atoms with E-state index in [1.54, 1.807) is 24.3 Å². The Morgan fingerprint density at radius 2 is 1.87 bits per heavy atom. The molecule has 1 amide bonds. The van der Waals surface area contributed by atoms with Crippen LogP contribution in [0.3, 0.4) is 0 Å². The average molecular weight is 529 g/mol. The zero-order chi connectivity index (χ0) is 26.2. The molecule has 38 heavy (non-hydrogen) atoms. The van der Waals surface area contributed by atoms with Gasteiger partial charge in [0, 0.05) is 40.2 Å². The van der Waals surface area contributed by atoms with Crippen molar-refractivity contribution < 1.29 is 14.3 Å². The number of carbonyl (C=O) groups excluding carboxylic acids is 1. The smallest absolute Gasteiger partial charge is 0.254 e. The number of aryl methyl sites for hydroxylation is 1. The minimum absolute atomic E-state index is 0.0397. The van der Waals surface area contributed by atoms with Crippen LogP contribution in [-0.4, -0.2) is 52.6 Å². The van der Waals surface area contributed by atoms with Gasteiger partial charge in [0.05, 0.1) is 11.2 Å². The van der Waals surface area contributed by atoms with E-state index in [1.165, 1.54) is 0 Å². The molecule has 1 fully saturated rings. The number of benzene rings is 3. The molecular formula is C30H29ClN4O3. The summed E-state index contributed by atoms with van der Waals surface area (Å²) >= 11 is 5.98. The molecule has 7 nitrogen and oxygen atoms in total. The summed E-state index contributed by atoms with van der Waals surface area (Å²) in [5, 5.41) is 5.15. The van der Waals surface area contributed by atoms with Gasteiger partial charge in [0.15, 0.2) is 11.5 Å². The van der Waals surface area contributed by atoms with Crippen LogP contribution >= 0.6 is 11.6 Å². The minimum atomic E-state index is 0.0397. The van der Waals surface area contributed by atoms with Crippen LogP contribution in [0.15, 0.2) is 60.7 Å². The average Bonchev–Trinajstić information content (AvgIpc) is 2.93. The Morgan fingerprint density at radius 3 is 2.68 bits per heavy atom. The van der Waals surface area contributed by atoms with Gasteiger partial charge in [0.2, 0.25) is 5.95 Å². The van der Waals surface area contributed by atoms with E-state index in [1.807, 2.05) is 36.1 Å². The maximum atomic E-state index is 13.0. The third-order valence-corrected chi connectivity index (χ3v) is 7.58. The molecule has 2 aliphatic rings. The van der Waals surface area contributed by atoms with Gasteiger partial charge in [-0.05, 0) is 74.7 Å². The zero-order valence-corrected chi connectivity index (χ0v) is 22.2. The number of hydrogen-bond acceptors (Lipinski definition) is 6. The van der Waals surface area contributed by atoms with Crippen LogP contribution in [0, 0.1) is 6.92 Å². The van der Waals surface area contributed by atoms with Crippen LogP contribution in [0.5, 0.6) is 11.5 Å². The highest BCUT2D eigenvalue weighted by Crippen LogP contribution is 2.40. The SMILES string of the molecule is Cc1nc(NC2CCN(C(=O)c3ccc(Cl)cc3)[C@@H](C)C2)nc2ccc(-c3cccc4c3OCCO4)cc12. The van der Waals surface area contributed by atoms with E-state index < -0.39 is 0 Å². The molecule has 8 heteroatoms. The van der Waals surface area contributed by atoms with Crippen LogP contribution in [0.4, 0.5) is 5.95 Å². The molecule has 0 spiro atoms. The van der Waals surface area contributed by atoms with E-state index in [9.17, 15) is 4.79 Å². The molecule has 1 unspecified atom stereocenters. The molecule has 1 aromatic heterocycles. The lowest BCUT2D eigenvalue weighted by Crippen LogP contribution is -2.48. The van der Waals surface area contributed by atoms with Gasteiger partial charge < -0.3 is 19.7 Å². The Hall–Kier alpha value is -3.84. The summed E-state index contributed by atoms with van der Waals surface area (Å²) in [6, 6.07) is 19.5. The fourth-order valence-corrected chi connectivity index (χ4v) is 5.49. The number of anilines is 1. The molecule has 1 N–H and O–H groups in total. The maximum Gasteiger partial charge on any atom is 0.254 e. The summed E-state index contributed by atoms with van der Waals surface area (Å²) in [5.41, 5.74) is 4.49. The molecule has 1 saturated heterocycles. The fraction of sp³-hybridized carbons (Fsp3) is 0.300. The molecule has 3 heterocycles. The lowest BCUT2D eigenvalue weighted by atomic mass is 9.97. The quantitative estimate of drug-likeness (QED) is 0.343. The number of fused-ring (bicyclic) bond motifs is 2. The van der Waals surface area contributed by atoms with Crippen molar-refractivity contribution >= 4 is 34.4 Å². The third-order valence-electron chi connectivity index (χ3n) is 7.32.